The summed E-state index contributed by atoms with van der Waals surface area (Å²) < 4.78 is 18.6. The molecule has 3 aromatic rings. The average molecular weight is 548 g/mol. The Labute approximate surface area is 238 Å². The molecule has 0 N–H and O–H groups in total. The molecule has 2 aromatic carbocycles. The first-order chi connectivity index (χ1) is 19.3. The first-order valence-electron chi connectivity index (χ1n) is 13.6. The second-order valence-electron chi connectivity index (χ2n) is 9.95. The number of methoxy groups -OCH3 is 1. The molecule has 1 aliphatic carbocycles. The predicted octanol–water partition coefficient (Wildman–Crippen LogP) is 7.18. The van der Waals surface area contributed by atoms with Gasteiger partial charge < -0.3 is 19.3 Å². The van der Waals surface area contributed by atoms with Gasteiger partial charge in [-0.2, -0.15) is 0 Å². The minimum Gasteiger partial charge on any atom is -0.471 e. The topological polar surface area (TPSA) is 62.7 Å². The molecule has 0 bridgehead atoms. The van der Waals surface area contributed by atoms with Gasteiger partial charge in [-0.3, -0.25) is 9.78 Å². The summed E-state index contributed by atoms with van der Waals surface area (Å²) in [4.78, 5) is 27.4. The van der Waals surface area contributed by atoms with Crippen molar-refractivity contribution in [3.8, 4) is 11.1 Å². The number of hydrogen-bond donors (Lipinski definition) is 0. The number of pyridine rings is 1. The van der Waals surface area contributed by atoms with E-state index < -0.39 is 0 Å². The van der Waals surface area contributed by atoms with Crippen LogP contribution in [0.2, 0.25) is 0 Å². The molecule has 0 saturated heterocycles. The fourth-order valence-electron chi connectivity index (χ4n) is 4.36. The van der Waals surface area contributed by atoms with Crippen LogP contribution in [0.1, 0.15) is 50.2 Å². The monoisotopic (exact) mass is 547 g/mol. The Morgan fingerprint density at radius 3 is 2.10 bits per heavy atom. The molecule has 1 heterocycles. The Bertz CT molecular complexity index is 1210. The molecule has 1 fully saturated rings. The van der Waals surface area contributed by atoms with Gasteiger partial charge in [0.2, 0.25) is 0 Å². The summed E-state index contributed by atoms with van der Waals surface area (Å²) in [5.41, 5.74) is 5.66. The van der Waals surface area contributed by atoms with Crippen LogP contribution in [0, 0.1) is 11.7 Å². The van der Waals surface area contributed by atoms with E-state index >= 15 is 0 Å². The van der Waals surface area contributed by atoms with E-state index in [0.29, 0.717) is 24.5 Å². The van der Waals surface area contributed by atoms with Crippen LogP contribution in [0.4, 0.5) is 15.8 Å². The van der Waals surface area contributed by atoms with Gasteiger partial charge >= 0.3 is 0 Å². The third-order valence-corrected chi connectivity index (χ3v) is 6.66. The fraction of sp³-hybridized carbons (Fsp3) is 0.364. The number of aromatic nitrogens is 1. The lowest BCUT2D eigenvalue weighted by molar-refractivity contribution is -0.126. The molecule has 0 spiro atoms. The van der Waals surface area contributed by atoms with Gasteiger partial charge in [0.1, 0.15) is 12.1 Å². The Morgan fingerprint density at radius 1 is 0.925 bits per heavy atom. The SMILES string of the molecule is C/C=C/c1cncc(N(C)Cc2ccc(-c3ccc(N(C)C)cc3)cc2F)c1.COC=O.O=CC1CCCCC1. The van der Waals surface area contributed by atoms with Crippen LogP contribution in [-0.4, -0.2) is 46.0 Å². The van der Waals surface area contributed by atoms with Gasteiger partial charge in [-0.15, -0.1) is 0 Å². The smallest absolute Gasteiger partial charge is 0.292 e. The second-order valence-corrected chi connectivity index (χ2v) is 9.95. The van der Waals surface area contributed by atoms with Gasteiger partial charge in [0.25, 0.3) is 6.47 Å². The Kier molecular flexibility index (Phi) is 14.1. The van der Waals surface area contributed by atoms with Crippen LogP contribution >= 0.6 is 0 Å². The summed E-state index contributed by atoms with van der Waals surface area (Å²) in [5.74, 6) is 0.211. The van der Waals surface area contributed by atoms with Gasteiger partial charge in [0.15, 0.2) is 0 Å². The summed E-state index contributed by atoms with van der Waals surface area (Å²) in [6, 6.07) is 15.6. The number of aldehydes is 1. The zero-order chi connectivity index (χ0) is 29.3. The van der Waals surface area contributed by atoms with Crippen LogP contribution in [0.25, 0.3) is 17.2 Å². The summed E-state index contributed by atoms with van der Waals surface area (Å²) >= 11 is 0. The van der Waals surface area contributed by atoms with Crippen molar-refractivity contribution >= 4 is 30.2 Å². The molecule has 7 heteroatoms. The van der Waals surface area contributed by atoms with Crippen LogP contribution in [0.5, 0.6) is 0 Å². The standard InChI is InChI=1S/C24H26FN3.C7H12O.C2H4O2/c1-5-6-18-13-23(16-26-15-18)28(4)17-21-8-7-20(14-24(21)25)19-9-11-22(12-10-19)27(2)3;8-6-7-4-2-1-3-5-7;1-4-2-3/h5-16H,17H2,1-4H3;6-7H,1-5H2;2H,1H3/b6-5+;;. The van der Waals surface area contributed by atoms with Gasteiger partial charge in [0, 0.05) is 51.1 Å². The van der Waals surface area contributed by atoms with E-state index in [9.17, 15) is 9.18 Å². The molecular formula is C33H42FN3O3. The van der Waals surface area contributed by atoms with Gasteiger partial charge in [-0.1, -0.05) is 55.7 Å². The molecule has 40 heavy (non-hydrogen) atoms. The highest BCUT2D eigenvalue weighted by molar-refractivity contribution is 5.67. The lowest BCUT2D eigenvalue weighted by atomic mass is 9.91. The molecule has 1 aliphatic rings. The fourth-order valence-corrected chi connectivity index (χ4v) is 4.36. The minimum absolute atomic E-state index is 0.196. The van der Waals surface area contributed by atoms with Crippen molar-refractivity contribution in [1.29, 1.82) is 0 Å². The maximum Gasteiger partial charge on any atom is 0.292 e. The number of ether oxygens (including phenoxy) is 1. The lowest BCUT2D eigenvalue weighted by Crippen LogP contribution is -2.17. The highest BCUT2D eigenvalue weighted by atomic mass is 19.1. The third kappa shape index (κ3) is 10.6. The largest absolute Gasteiger partial charge is 0.471 e. The van der Waals surface area contributed by atoms with Crippen molar-refractivity contribution in [1.82, 2.24) is 4.98 Å². The van der Waals surface area contributed by atoms with Crippen LogP contribution in [-0.2, 0) is 20.9 Å². The van der Waals surface area contributed by atoms with Gasteiger partial charge in [-0.25, -0.2) is 4.39 Å². The van der Waals surface area contributed by atoms with E-state index in [1.54, 1.807) is 12.3 Å². The van der Waals surface area contributed by atoms with E-state index in [0.717, 1.165) is 47.2 Å². The van der Waals surface area contributed by atoms with Crippen molar-refractivity contribution in [3.63, 3.8) is 0 Å². The summed E-state index contributed by atoms with van der Waals surface area (Å²) in [7, 11) is 7.27. The second kappa shape index (κ2) is 17.6. The van der Waals surface area contributed by atoms with Crippen molar-refractivity contribution in [2.45, 2.75) is 45.6 Å². The molecule has 1 aromatic heterocycles. The van der Waals surface area contributed by atoms with E-state index in [-0.39, 0.29) is 5.82 Å². The molecule has 6 nitrogen and oxygen atoms in total. The molecule has 1 saturated carbocycles. The van der Waals surface area contributed by atoms with Gasteiger partial charge in [-0.05, 0) is 60.7 Å². The molecule has 0 aliphatic heterocycles. The highest BCUT2D eigenvalue weighted by Crippen LogP contribution is 2.26. The zero-order valence-electron chi connectivity index (χ0n) is 24.3. The number of carbonyl (C=O) groups is 2. The maximum atomic E-state index is 14.8. The van der Waals surface area contributed by atoms with E-state index in [1.807, 2.05) is 98.7 Å². The predicted molar refractivity (Wildman–Crippen MR) is 163 cm³/mol. The lowest BCUT2D eigenvalue weighted by Gasteiger charge is -2.20. The number of halogens is 1. The number of anilines is 2. The summed E-state index contributed by atoms with van der Waals surface area (Å²) in [6.07, 6.45) is 14.9. The number of benzene rings is 2. The van der Waals surface area contributed by atoms with Crippen molar-refractivity contribution in [3.05, 3.63) is 83.9 Å². The summed E-state index contributed by atoms with van der Waals surface area (Å²) in [6.45, 7) is 2.83. The molecule has 214 valence electrons. The number of rotatable bonds is 8. The number of allylic oxidation sites excluding steroid dienone is 1. The molecular weight excluding hydrogens is 505 g/mol. The first kappa shape index (κ1) is 32.2. The van der Waals surface area contributed by atoms with Gasteiger partial charge in [0.05, 0.1) is 19.0 Å². The number of hydrogen-bond acceptors (Lipinski definition) is 6. The van der Waals surface area contributed by atoms with E-state index in [2.05, 4.69) is 9.72 Å². The molecule has 4 rings (SSSR count). The zero-order valence-corrected chi connectivity index (χ0v) is 24.3. The molecule has 0 radical (unpaired) electrons. The average Bonchev–Trinajstić information content (AvgIpc) is 2.99. The van der Waals surface area contributed by atoms with E-state index in [4.69, 9.17) is 4.79 Å². The van der Waals surface area contributed by atoms with Crippen molar-refractivity contribution in [2.75, 3.05) is 38.1 Å². The maximum absolute atomic E-state index is 14.8. The van der Waals surface area contributed by atoms with Crippen LogP contribution in [0.15, 0.2) is 67.0 Å². The van der Waals surface area contributed by atoms with Crippen LogP contribution in [0.3, 0.4) is 0 Å². The Morgan fingerprint density at radius 2 is 1.57 bits per heavy atom. The van der Waals surface area contributed by atoms with E-state index in [1.165, 1.54) is 26.4 Å². The Hall–Kier alpha value is -4.00. The first-order valence-corrected chi connectivity index (χ1v) is 13.6. The third-order valence-electron chi connectivity index (χ3n) is 6.66. The molecule has 0 unspecified atom stereocenters. The molecule has 0 amide bonds. The van der Waals surface area contributed by atoms with Crippen molar-refractivity contribution in [2.24, 2.45) is 5.92 Å². The Balaban J connectivity index is 0.000000387. The normalized spacial score (nSPS) is 12.8. The highest BCUT2D eigenvalue weighted by Gasteiger charge is 2.11. The van der Waals surface area contributed by atoms with Crippen molar-refractivity contribution < 1.29 is 18.7 Å². The summed E-state index contributed by atoms with van der Waals surface area (Å²) in [5, 5.41) is 0. The van der Waals surface area contributed by atoms with Crippen LogP contribution < -0.4 is 9.80 Å². The number of nitrogens with zero attached hydrogens (tertiary/aromatic N) is 3. The molecule has 0 atom stereocenters. The quantitative estimate of drug-likeness (QED) is 0.279. The minimum atomic E-state index is -0.196. The number of carbonyl (C=O) groups excluding carboxylic acids is 2.